The summed E-state index contributed by atoms with van der Waals surface area (Å²) in [6, 6.07) is 4.96. The lowest BCUT2D eigenvalue weighted by atomic mass is 9.97. The van der Waals surface area contributed by atoms with E-state index in [0.29, 0.717) is 36.8 Å². The highest BCUT2D eigenvalue weighted by molar-refractivity contribution is 5.92. The number of carbonyl (C=O) groups excluding carboxylic acids is 1. The Kier molecular flexibility index (Phi) is 8.12. The molecule has 1 aliphatic heterocycles. The fourth-order valence-corrected chi connectivity index (χ4v) is 5.17. The molecule has 1 amide bonds. The van der Waals surface area contributed by atoms with E-state index in [-0.39, 0.29) is 36.2 Å². The van der Waals surface area contributed by atoms with Crippen LogP contribution in [-0.4, -0.2) is 83.7 Å². The molecule has 224 valence electrons. The second-order valence-electron chi connectivity index (χ2n) is 11.1. The molecule has 4 aromatic rings. The van der Waals surface area contributed by atoms with Crippen LogP contribution in [0.3, 0.4) is 0 Å². The number of hydrogen-bond donors (Lipinski definition) is 2. The molecule has 1 unspecified atom stereocenters. The highest BCUT2D eigenvalue weighted by atomic mass is 19.1. The van der Waals surface area contributed by atoms with Gasteiger partial charge in [0.1, 0.15) is 18.1 Å². The summed E-state index contributed by atoms with van der Waals surface area (Å²) in [4.78, 5) is 19.9. The first-order chi connectivity index (χ1) is 20.0. The predicted molar refractivity (Wildman–Crippen MR) is 150 cm³/mol. The van der Waals surface area contributed by atoms with E-state index in [1.165, 1.54) is 17.9 Å². The maximum atomic E-state index is 15.3. The summed E-state index contributed by atoms with van der Waals surface area (Å²) in [6.45, 7) is 7.12. The third-order valence-corrected chi connectivity index (χ3v) is 7.27. The number of imidazole rings is 1. The number of aliphatic hydroxyl groups is 1. The van der Waals surface area contributed by atoms with Gasteiger partial charge in [-0.15, -0.1) is 5.10 Å². The largest absolute Gasteiger partial charge is 0.494 e. The number of halogens is 1. The van der Waals surface area contributed by atoms with E-state index in [1.807, 2.05) is 22.4 Å². The van der Waals surface area contributed by atoms with Gasteiger partial charge >= 0.3 is 0 Å². The summed E-state index contributed by atoms with van der Waals surface area (Å²) in [6.07, 6.45) is 3.30. The highest BCUT2D eigenvalue weighted by Crippen LogP contribution is 2.30. The number of aryl methyl sites for hydroxylation is 1. The third kappa shape index (κ3) is 5.91. The molecule has 0 radical (unpaired) electrons. The van der Waals surface area contributed by atoms with Crippen LogP contribution >= 0.6 is 0 Å². The highest BCUT2D eigenvalue weighted by Gasteiger charge is 2.35. The molecular weight excluding hydrogens is 545 g/mol. The van der Waals surface area contributed by atoms with Gasteiger partial charge in [0.05, 0.1) is 54.3 Å². The van der Waals surface area contributed by atoms with Crippen molar-refractivity contribution in [1.82, 2.24) is 44.5 Å². The van der Waals surface area contributed by atoms with E-state index in [2.05, 4.69) is 25.5 Å². The van der Waals surface area contributed by atoms with Crippen molar-refractivity contribution in [2.24, 2.45) is 0 Å². The summed E-state index contributed by atoms with van der Waals surface area (Å²) in [5.74, 6) is -0.502. The molecule has 0 saturated carbocycles. The van der Waals surface area contributed by atoms with E-state index < -0.39 is 17.3 Å². The number of amides is 1. The van der Waals surface area contributed by atoms with E-state index >= 15 is 4.39 Å². The first-order valence-electron chi connectivity index (χ1n) is 13.5. The first-order valence-corrected chi connectivity index (χ1v) is 13.5. The molecule has 42 heavy (non-hydrogen) atoms. The van der Waals surface area contributed by atoms with Crippen LogP contribution < -0.4 is 10.1 Å². The minimum Gasteiger partial charge on any atom is -0.494 e. The second-order valence-corrected chi connectivity index (χ2v) is 11.1. The van der Waals surface area contributed by atoms with Gasteiger partial charge < -0.3 is 24.5 Å². The third-order valence-electron chi connectivity index (χ3n) is 7.27. The molecule has 3 aromatic heterocycles. The van der Waals surface area contributed by atoms with Gasteiger partial charge in [0.25, 0.3) is 5.91 Å². The van der Waals surface area contributed by atoms with Gasteiger partial charge in [-0.3, -0.25) is 14.4 Å². The Labute approximate surface area is 242 Å². The minimum atomic E-state index is -0.955. The average Bonchev–Trinajstić information content (AvgIpc) is 3.65. The van der Waals surface area contributed by atoms with Crippen molar-refractivity contribution in [2.75, 3.05) is 27.8 Å². The summed E-state index contributed by atoms with van der Waals surface area (Å²) < 4.78 is 31.0. The number of nitrogens with zero attached hydrogens (tertiary/aromatic N) is 8. The number of ether oxygens (including phenoxy) is 2. The van der Waals surface area contributed by atoms with Crippen molar-refractivity contribution >= 4 is 5.91 Å². The van der Waals surface area contributed by atoms with Gasteiger partial charge in [0, 0.05) is 38.5 Å². The molecule has 2 N–H and O–H groups in total. The summed E-state index contributed by atoms with van der Waals surface area (Å²) >= 11 is 0. The van der Waals surface area contributed by atoms with E-state index in [4.69, 9.17) is 14.6 Å². The number of carbonyl (C=O) groups is 1. The number of hydrogen-bond acceptors (Lipinski definition) is 9. The number of rotatable bonds is 10. The van der Waals surface area contributed by atoms with Crippen molar-refractivity contribution < 1.29 is 23.8 Å². The van der Waals surface area contributed by atoms with Gasteiger partial charge in [-0.05, 0) is 46.0 Å². The minimum absolute atomic E-state index is 0.0484. The Balaban J connectivity index is 1.38. The zero-order valence-corrected chi connectivity index (χ0v) is 24.6. The molecule has 0 saturated heterocycles. The zero-order chi connectivity index (χ0) is 30.2. The first kappa shape index (κ1) is 29.4. The molecular formula is C28H36FN9O4. The number of likely N-dealkylation sites (N-methyl/N-ethyl adjacent to an activating group) is 1. The number of benzene rings is 1. The standard InChI is InChI=1S/C28H36FN9O4/c1-17-11-37(34-32-17)22-7-8-23(42-6)26(29)20(22)10-30-27(39)21-14-36(25(31-21)16-41-5)12-18-9-19-13-35(4)15-24(28(2,3)40)38(19)33-18/h7-9,11,14,24,40H,10,12-13,15-16H2,1-6H3,(H,30,39). The van der Waals surface area contributed by atoms with E-state index in [1.54, 1.807) is 46.3 Å². The Bertz CT molecular complexity index is 1590. The van der Waals surface area contributed by atoms with Gasteiger partial charge in [-0.1, -0.05) is 5.21 Å². The Morgan fingerprint density at radius 1 is 1.26 bits per heavy atom. The molecule has 1 aliphatic rings. The Morgan fingerprint density at radius 3 is 2.71 bits per heavy atom. The Hall–Kier alpha value is -4.14. The van der Waals surface area contributed by atoms with Crippen LogP contribution in [0.2, 0.25) is 0 Å². The van der Waals surface area contributed by atoms with Crippen LogP contribution in [0.1, 0.15) is 58.8 Å². The predicted octanol–water partition coefficient (Wildman–Crippen LogP) is 2.00. The molecule has 0 aliphatic carbocycles. The fraction of sp³-hybridized carbons (Fsp3) is 0.464. The normalized spacial score (nSPS) is 15.6. The van der Waals surface area contributed by atoms with Crippen molar-refractivity contribution in [3.63, 3.8) is 0 Å². The van der Waals surface area contributed by atoms with Gasteiger partial charge in [0.2, 0.25) is 0 Å². The van der Waals surface area contributed by atoms with Gasteiger partial charge in [0.15, 0.2) is 11.6 Å². The average molecular weight is 582 g/mol. The topological polar surface area (TPSA) is 137 Å². The van der Waals surface area contributed by atoms with Crippen LogP contribution in [0.4, 0.5) is 4.39 Å². The van der Waals surface area contributed by atoms with Gasteiger partial charge in [-0.25, -0.2) is 14.1 Å². The molecule has 0 fully saturated rings. The fourth-order valence-electron chi connectivity index (χ4n) is 5.17. The van der Waals surface area contributed by atoms with Crippen LogP contribution in [0, 0.1) is 12.7 Å². The van der Waals surface area contributed by atoms with E-state index in [0.717, 1.165) is 11.4 Å². The van der Waals surface area contributed by atoms with Crippen LogP contribution in [0.15, 0.2) is 30.6 Å². The lowest BCUT2D eigenvalue weighted by Gasteiger charge is -2.37. The van der Waals surface area contributed by atoms with Crippen molar-refractivity contribution in [1.29, 1.82) is 0 Å². The molecule has 0 bridgehead atoms. The molecule has 13 nitrogen and oxygen atoms in total. The zero-order valence-electron chi connectivity index (χ0n) is 24.6. The molecule has 5 rings (SSSR count). The molecule has 0 spiro atoms. The number of fused-ring (bicyclic) bond motifs is 1. The lowest BCUT2D eigenvalue weighted by Crippen LogP contribution is -2.45. The van der Waals surface area contributed by atoms with Crippen LogP contribution in [0.25, 0.3) is 5.69 Å². The van der Waals surface area contributed by atoms with Crippen molar-refractivity contribution in [2.45, 2.75) is 58.7 Å². The van der Waals surface area contributed by atoms with Crippen LogP contribution in [0.5, 0.6) is 5.75 Å². The lowest BCUT2D eigenvalue weighted by molar-refractivity contribution is -0.00738. The second kappa shape index (κ2) is 11.6. The van der Waals surface area contributed by atoms with Crippen molar-refractivity contribution in [3.05, 3.63) is 70.6 Å². The quantitative estimate of drug-likeness (QED) is 0.288. The molecule has 14 heteroatoms. The monoisotopic (exact) mass is 581 g/mol. The number of nitrogens with one attached hydrogen (secondary N) is 1. The number of aromatic nitrogens is 7. The van der Waals surface area contributed by atoms with Crippen molar-refractivity contribution in [3.8, 4) is 11.4 Å². The molecule has 4 heterocycles. The summed E-state index contributed by atoms with van der Waals surface area (Å²) in [7, 11) is 4.94. The van der Waals surface area contributed by atoms with Crippen LogP contribution in [-0.2, 0) is 31.0 Å². The van der Waals surface area contributed by atoms with Gasteiger partial charge in [-0.2, -0.15) is 5.10 Å². The molecule has 1 atom stereocenters. The smallest absolute Gasteiger partial charge is 0.271 e. The summed E-state index contributed by atoms with van der Waals surface area (Å²) in [5.41, 5.74) is 2.25. The molecule has 1 aromatic carbocycles. The maximum Gasteiger partial charge on any atom is 0.271 e. The van der Waals surface area contributed by atoms with E-state index in [9.17, 15) is 9.90 Å². The maximum absolute atomic E-state index is 15.3. The number of methoxy groups -OCH3 is 2. The SMILES string of the molecule is COCc1nc(C(=O)NCc2c(-n3cc(C)nn3)ccc(OC)c2F)cn1Cc1cc2n(n1)C(C(C)(C)O)CN(C)C2. The Morgan fingerprint density at radius 2 is 2.05 bits per heavy atom. The summed E-state index contributed by atoms with van der Waals surface area (Å²) in [5, 5.41) is 26.3.